The molecule has 1 atom stereocenters. The van der Waals surface area contributed by atoms with Crippen LogP contribution in [0.1, 0.15) is 45.8 Å². The molecule has 0 fully saturated rings. The Hall–Kier alpha value is -3.29. The quantitative estimate of drug-likeness (QED) is 0.644. The highest BCUT2D eigenvalue weighted by Gasteiger charge is 2.24. The standard InChI is InChI=1S/C21H26N4O4/c1-12-10-18(14(3)25(12)11-17-8-7-9-28-17)21(27)29-16(5)20(26)22-19-13(2)23-24(6)15(19)4/h7-10,16H,11H2,1-6H3,(H,22,26)/t16-/m0/s1. The summed E-state index contributed by atoms with van der Waals surface area (Å²) in [5.74, 6) is -0.144. The minimum absolute atomic E-state index is 0.401. The molecule has 154 valence electrons. The van der Waals surface area contributed by atoms with Gasteiger partial charge in [0.15, 0.2) is 6.10 Å². The van der Waals surface area contributed by atoms with Crippen molar-refractivity contribution in [3.8, 4) is 0 Å². The molecule has 0 bridgehead atoms. The van der Waals surface area contributed by atoms with E-state index in [0.717, 1.165) is 22.8 Å². The number of amides is 1. The van der Waals surface area contributed by atoms with Gasteiger partial charge >= 0.3 is 5.97 Å². The number of aromatic nitrogens is 3. The zero-order valence-corrected chi connectivity index (χ0v) is 17.6. The Kier molecular flexibility index (Phi) is 5.63. The van der Waals surface area contributed by atoms with Crippen molar-refractivity contribution in [3.05, 3.63) is 58.6 Å². The predicted octanol–water partition coefficient (Wildman–Crippen LogP) is 3.28. The van der Waals surface area contributed by atoms with Gasteiger partial charge in [0.2, 0.25) is 0 Å². The third kappa shape index (κ3) is 4.11. The van der Waals surface area contributed by atoms with E-state index in [1.807, 2.05) is 44.4 Å². The number of aryl methyl sites for hydroxylation is 3. The normalized spacial score (nSPS) is 12.1. The molecule has 0 aliphatic heterocycles. The molecule has 0 aromatic carbocycles. The van der Waals surface area contributed by atoms with Gasteiger partial charge in [-0.25, -0.2) is 4.79 Å². The fourth-order valence-electron chi connectivity index (χ4n) is 3.27. The lowest BCUT2D eigenvalue weighted by molar-refractivity contribution is -0.123. The zero-order chi connectivity index (χ0) is 21.3. The van der Waals surface area contributed by atoms with Crippen LogP contribution in [0, 0.1) is 27.7 Å². The molecule has 3 aromatic rings. The number of ether oxygens (including phenoxy) is 1. The Labute approximate surface area is 169 Å². The molecule has 1 N–H and O–H groups in total. The first kappa shape index (κ1) is 20.4. The summed E-state index contributed by atoms with van der Waals surface area (Å²) in [5.41, 5.74) is 4.27. The highest BCUT2D eigenvalue weighted by atomic mass is 16.5. The largest absolute Gasteiger partial charge is 0.467 e. The average Bonchev–Trinajstić information content (AvgIpc) is 3.34. The molecular formula is C21H26N4O4. The van der Waals surface area contributed by atoms with E-state index in [2.05, 4.69) is 10.4 Å². The van der Waals surface area contributed by atoms with Crippen LogP contribution >= 0.6 is 0 Å². The van der Waals surface area contributed by atoms with Crippen LogP contribution in [-0.2, 0) is 23.1 Å². The van der Waals surface area contributed by atoms with E-state index in [0.29, 0.717) is 23.5 Å². The molecule has 0 aliphatic carbocycles. The highest BCUT2D eigenvalue weighted by Crippen LogP contribution is 2.21. The summed E-state index contributed by atoms with van der Waals surface area (Å²) < 4.78 is 14.5. The number of nitrogens with zero attached hydrogens (tertiary/aromatic N) is 3. The van der Waals surface area contributed by atoms with Crippen molar-refractivity contribution in [2.75, 3.05) is 5.32 Å². The molecule has 0 saturated heterocycles. The Morgan fingerprint density at radius 2 is 1.97 bits per heavy atom. The molecule has 3 rings (SSSR count). The van der Waals surface area contributed by atoms with E-state index in [4.69, 9.17) is 9.15 Å². The van der Waals surface area contributed by atoms with Gasteiger partial charge in [-0.15, -0.1) is 0 Å². The molecule has 8 nitrogen and oxygen atoms in total. The summed E-state index contributed by atoms with van der Waals surface area (Å²) >= 11 is 0. The topological polar surface area (TPSA) is 91.3 Å². The third-order valence-electron chi connectivity index (χ3n) is 5.10. The van der Waals surface area contributed by atoms with Gasteiger partial charge in [0.25, 0.3) is 5.91 Å². The second kappa shape index (κ2) is 7.98. The number of nitrogens with one attached hydrogen (secondary N) is 1. The fourth-order valence-corrected chi connectivity index (χ4v) is 3.27. The van der Waals surface area contributed by atoms with Gasteiger partial charge in [-0.3, -0.25) is 9.48 Å². The number of carbonyl (C=O) groups is 2. The van der Waals surface area contributed by atoms with Crippen molar-refractivity contribution in [1.29, 1.82) is 0 Å². The van der Waals surface area contributed by atoms with E-state index >= 15 is 0 Å². The van der Waals surface area contributed by atoms with Crippen LogP contribution in [0.25, 0.3) is 0 Å². The summed E-state index contributed by atoms with van der Waals surface area (Å²) in [6.45, 7) is 9.51. The maximum Gasteiger partial charge on any atom is 0.340 e. The number of anilines is 1. The Balaban J connectivity index is 1.70. The molecule has 0 aliphatic rings. The molecule has 1 amide bonds. The van der Waals surface area contributed by atoms with Gasteiger partial charge < -0.3 is 19.0 Å². The van der Waals surface area contributed by atoms with E-state index in [-0.39, 0.29) is 0 Å². The summed E-state index contributed by atoms with van der Waals surface area (Å²) in [5, 5.41) is 7.07. The van der Waals surface area contributed by atoms with Crippen molar-refractivity contribution in [3.63, 3.8) is 0 Å². The maximum absolute atomic E-state index is 12.7. The van der Waals surface area contributed by atoms with Crippen LogP contribution in [0.2, 0.25) is 0 Å². The SMILES string of the molecule is Cc1nn(C)c(C)c1NC(=O)[C@H](C)OC(=O)c1cc(C)n(Cc2ccco2)c1C. The Bertz CT molecular complexity index is 1040. The molecule has 3 heterocycles. The van der Waals surface area contributed by atoms with Gasteiger partial charge in [0, 0.05) is 18.4 Å². The summed E-state index contributed by atoms with van der Waals surface area (Å²) in [7, 11) is 1.81. The first-order valence-electron chi connectivity index (χ1n) is 9.40. The van der Waals surface area contributed by atoms with Crippen molar-refractivity contribution in [1.82, 2.24) is 14.3 Å². The zero-order valence-electron chi connectivity index (χ0n) is 17.6. The molecule has 0 spiro atoms. The van der Waals surface area contributed by atoms with Crippen molar-refractivity contribution in [2.24, 2.45) is 7.05 Å². The molecule has 0 unspecified atom stereocenters. The lowest BCUT2D eigenvalue weighted by Crippen LogP contribution is -2.30. The van der Waals surface area contributed by atoms with Crippen molar-refractivity contribution < 1.29 is 18.7 Å². The number of furan rings is 1. The van der Waals surface area contributed by atoms with Gasteiger partial charge in [-0.1, -0.05) is 0 Å². The number of carbonyl (C=O) groups excluding carboxylic acids is 2. The van der Waals surface area contributed by atoms with Crippen molar-refractivity contribution >= 4 is 17.6 Å². The van der Waals surface area contributed by atoms with Gasteiger partial charge in [-0.05, 0) is 52.8 Å². The lowest BCUT2D eigenvalue weighted by Gasteiger charge is -2.14. The van der Waals surface area contributed by atoms with E-state index in [9.17, 15) is 9.59 Å². The Morgan fingerprint density at radius 3 is 2.55 bits per heavy atom. The minimum atomic E-state index is -0.949. The van der Waals surface area contributed by atoms with Gasteiger partial charge in [-0.2, -0.15) is 5.10 Å². The minimum Gasteiger partial charge on any atom is -0.467 e. The van der Waals surface area contributed by atoms with Crippen molar-refractivity contribution in [2.45, 2.75) is 47.3 Å². The second-order valence-electron chi connectivity index (χ2n) is 7.16. The fraction of sp³-hybridized carbons (Fsp3) is 0.381. The van der Waals surface area contributed by atoms with E-state index in [1.165, 1.54) is 0 Å². The highest BCUT2D eigenvalue weighted by molar-refractivity contribution is 5.98. The van der Waals surface area contributed by atoms with E-state index in [1.54, 1.807) is 31.0 Å². The number of hydrogen-bond acceptors (Lipinski definition) is 5. The third-order valence-corrected chi connectivity index (χ3v) is 5.10. The number of rotatable bonds is 6. The summed E-state index contributed by atoms with van der Waals surface area (Å²) in [6, 6.07) is 5.47. The molecule has 3 aromatic heterocycles. The number of esters is 1. The maximum atomic E-state index is 12.7. The lowest BCUT2D eigenvalue weighted by atomic mass is 10.2. The first-order chi connectivity index (χ1) is 13.7. The van der Waals surface area contributed by atoms with Crippen LogP contribution in [0.3, 0.4) is 0 Å². The first-order valence-corrected chi connectivity index (χ1v) is 9.40. The molecule has 29 heavy (non-hydrogen) atoms. The van der Waals surface area contributed by atoms with Gasteiger partial charge in [0.1, 0.15) is 5.76 Å². The molecular weight excluding hydrogens is 372 g/mol. The van der Waals surface area contributed by atoms with Crippen LogP contribution in [-0.4, -0.2) is 32.3 Å². The van der Waals surface area contributed by atoms with Gasteiger partial charge in [0.05, 0.1) is 35.4 Å². The van der Waals surface area contributed by atoms with Crippen LogP contribution in [0.4, 0.5) is 5.69 Å². The smallest absolute Gasteiger partial charge is 0.340 e. The van der Waals surface area contributed by atoms with Crippen LogP contribution in [0.15, 0.2) is 28.9 Å². The second-order valence-corrected chi connectivity index (χ2v) is 7.16. The van der Waals surface area contributed by atoms with Crippen LogP contribution < -0.4 is 5.32 Å². The molecule has 0 saturated carbocycles. The molecule has 8 heteroatoms. The van der Waals surface area contributed by atoms with Crippen LogP contribution in [0.5, 0.6) is 0 Å². The average molecular weight is 398 g/mol. The summed E-state index contributed by atoms with van der Waals surface area (Å²) in [4.78, 5) is 25.2. The molecule has 0 radical (unpaired) electrons. The Morgan fingerprint density at radius 1 is 1.24 bits per heavy atom. The van der Waals surface area contributed by atoms with E-state index < -0.39 is 18.0 Å². The number of hydrogen-bond donors (Lipinski definition) is 1. The predicted molar refractivity (Wildman–Crippen MR) is 108 cm³/mol. The monoisotopic (exact) mass is 398 g/mol. The summed E-state index contributed by atoms with van der Waals surface area (Å²) in [6.07, 6.45) is 0.666.